The van der Waals surface area contributed by atoms with Crippen molar-refractivity contribution in [1.82, 2.24) is 0 Å². The van der Waals surface area contributed by atoms with Crippen LogP contribution >= 0.6 is 0 Å². The first-order chi connectivity index (χ1) is 7.97. The van der Waals surface area contributed by atoms with Crippen LogP contribution in [0.5, 0.6) is 0 Å². The lowest BCUT2D eigenvalue weighted by molar-refractivity contribution is 0.285. The molecule has 17 heavy (non-hydrogen) atoms. The van der Waals surface area contributed by atoms with Gasteiger partial charge >= 0.3 is 0 Å². The van der Waals surface area contributed by atoms with E-state index in [2.05, 4.69) is 12.2 Å². The van der Waals surface area contributed by atoms with Crippen molar-refractivity contribution in [2.75, 3.05) is 5.32 Å². The minimum absolute atomic E-state index is 0.156. The number of sulfonamides is 1. The zero-order valence-electron chi connectivity index (χ0n) is 9.89. The Morgan fingerprint density at radius 3 is 2.65 bits per heavy atom. The second-order valence-corrected chi connectivity index (χ2v) is 6.26. The van der Waals surface area contributed by atoms with Crippen LogP contribution in [0.15, 0.2) is 29.2 Å². The van der Waals surface area contributed by atoms with E-state index in [1.165, 1.54) is 25.3 Å². The molecule has 0 unspecified atom stereocenters. The molecule has 1 fully saturated rings. The Kier molecular flexibility index (Phi) is 3.40. The predicted molar refractivity (Wildman–Crippen MR) is 68.2 cm³/mol. The second kappa shape index (κ2) is 4.66. The van der Waals surface area contributed by atoms with Crippen molar-refractivity contribution in [2.45, 2.75) is 37.1 Å². The Morgan fingerprint density at radius 2 is 2.12 bits per heavy atom. The lowest BCUT2D eigenvalue weighted by atomic mass is 9.80. The highest BCUT2D eigenvalue weighted by Gasteiger charge is 2.23. The molecule has 1 aromatic carbocycles. The Bertz CT molecular complexity index is 495. The number of benzene rings is 1. The highest BCUT2D eigenvalue weighted by atomic mass is 32.2. The molecule has 0 radical (unpaired) electrons. The van der Waals surface area contributed by atoms with Gasteiger partial charge in [-0.05, 0) is 43.9 Å². The first kappa shape index (κ1) is 12.4. The van der Waals surface area contributed by atoms with Crippen LogP contribution in [-0.2, 0) is 10.0 Å². The van der Waals surface area contributed by atoms with Gasteiger partial charge in [0.05, 0.1) is 4.90 Å². The van der Waals surface area contributed by atoms with E-state index < -0.39 is 10.0 Å². The highest BCUT2D eigenvalue weighted by molar-refractivity contribution is 7.89. The maximum atomic E-state index is 11.2. The number of nitrogens with one attached hydrogen (secondary N) is 1. The molecular formula is C12H18N2O2S. The molecule has 1 aliphatic rings. The number of nitrogens with two attached hydrogens (primary N) is 1. The average Bonchev–Trinajstić information content (AvgIpc) is 2.13. The van der Waals surface area contributed by atoms with Gasteiger partial charge in [0.1, 0.15) is 0 Å². The third-order valence-electron chi connectivity index (χ3n) is 3.41. The van der Waals surface area contributed by atoms with E-state index in [0.717, 1.165) is 5.69 Å². The van der Waals surface area contributed by atoms with E-state index in [-0.39, 0.29) is 4.90 Å². The molecule has 0 saturated heterocycles. The second-order valence-electron chi connectivity index (χ2n) is 4.70. The van der Waals surface area contributed by atoms with Gasteiger partial charge in [-0.15, -0.1) is 0 Å². The molecule has 0 amide bonds. The van der Waals surface area contributed by atoms with Gasteiger partial charge in [0.15, 0.2) is 0 Å². The van der Waals surface area contributed by atoms with E-state index >= 15 is 0 Å². The van der Waals surface area contributed by atoms with Crippen LogP contribution in [0, 0.1) is 5.92 Å². The number of hydrogen-bond donors (Lipinski definition) is 2. The molecular weight excluding hydrogens is 236 g/mol. The summed E-state index contributed by atoms with van der Waals surface area (Å²) in [5.41, 5.74) is 0.816. The molecule has 1 atom stereocenters. The summed E-state index contributed by atoms with van der Waals surface area (Å²) in [5.74, 6) is 0.702. The molecule has 0 bridgehead atoms. The third-order valence-corrected chi connectivity index (χ3v) is 4.32. The highest BCUT2D eigenvalue weighted by Crippen LogP contribution is 2.31. The predicted octanol–water partition coefficient (Wildman–Crippen LogP) is 1.93. The Hall–Kier alpha value is -1.07. The minimum Gasteiger partial charge on any atom is -0.382 e. The summed E-state index contributed by atoms with van der Waals surface area (Å²) in [5, 5.41) is 8.43. The van der Waals surface area contributed by atoms with E-state index in [9.17, 15) is 8.42 Å². The molecule has 1 aliphatic carbocycles. The van der Waals surface area contributed by atoms with Gasteiger partial charge in [0, 0.05) is 11.7 Å². The van der Waals surface area contributed by atoms with E-state index in [0.29, 0.717) is 12.0 Å². The van der Waals surface area contributed by atoms with E-state index in [1.807, 2.05) is 6.07 Å². The maximum Gasteiger partial charge on any atom is 0.238 e. The Morgan fingerprint density at radius 1 is 1.41 bits per heavy atom. The molecule has 5 heteroatoms. The topological polar surface area (TPSA) is 72.2 Å². The largest absolute Gasteiger partial charge is 0.382 e. The van der Waals surface area contributed by atoms with Crippen molar-refractivity contribution in [3.05, 3.63) is 24.3 Å². The third kappa shape index (κ3) is 2.98. The molecule has 0 heterocycles. The summed E-state index contributed by atoms with van der Waals surface area (Å²) >= 11 is 0. The zero-order chi connectivity index (χ0) is 12.5. The Balaban J connectivity index is 2.11. The van der Waals surface area contributed by atoms with Crippen molar-refractivity contribution < 1.29 is 8.42 Å². The molecule has 2 rings (SSSR count). The van der Waals surface area contributed by atoms with Crippen LogP contribution in [0.1, 0.15) is 26.2 Å². The van der Waals surface area contributed by atoms with Crippen LogP contribution in [0.2, 0.25) is 0 Å². The number of primary sulfonamides is 1. The van der Waals surface area contributed by atoms with Crippen molar-refractivity contribution >= 4 is 15.7 Å². The molecule has 0 aliphatic heterocycles. The van der Waals surface area contributed by atoms with E-state index in [1.54, 1.807) is 12.1 Å². The summed E-state index contributed by atoms with van der Waals surface area (Å²) in [6.07, 6.45) is 3.81. The first-order valence-corrected chi connectivity index (χ1v) is 7.41. The number of anilines is 1. The van der Waals surface area contributed by atoms with Crippen LogP contribution in [0.4, 0.5) is 5.69 Å². The minimum atomic E-state index is -3.61. The van der Waals surface area contributed by atoms with Gasteiger partial charge in [-0.25, -0.2) is 13.6 Å². The summed E-state index contributed by atoms with van der Waals surface area (Å²) in [4.78, 5) is 0.156. The molecule has 4 nitrogen and oxygen atoms in total. The molecule has 3 N–H and O–H groups in total. The fourth-order valence-electron chi connectivity index (χ4n) is 2.08. The fourth-order valence-corrected chi connectivity index (χ4v) is 2.64. The quantitative estimate of drug-likeness (QED) is 0.862. The first-order valence-electron chi connectivity index (χ1n) is 5.86. The zero-order valence-corrected chi connectivity index (χ0v) is 10.7. The van der Waals surface area contributed by atoms with Crippen molar-refractivity contribution in [3.8, 4) is 0 Å². The van der Waals surface area contributed by atoms with Crippen LogP contribution in [0.25, 0.3) is 0 Å². The smallest absolute Gasteiger partial charge is 0.238 e. The van der Waals surface area contributed by atoms with Gasteiger partial charge in [0.25, 0.3) is 0 Å². The van der Waals surface area contributed by atoms with Gasteiger partial charge in [0.2, 0.25) is 10.0 Å². The average molecular weight is 254 g/mol. The summed E-state index contributed by atoms with van der Waals surface area (Å²) < 4.78 is 22.4. The molecule has 0 spiro atoms. The van der Waals surface area contributed by atoms with Crippen LogP contribution in [-0.4, -0.2) is 14.5 Å². The summed E-state index contributed by atoms with van der Waals surface area (Å²) in [6.45, 7) is 2.13. The molecule has 1 aromatic rings. The molecule has 1 saturated carbocycles. The van der Waals surface area contributed by atoms with Gasteiger partial charge in [-0.1, -0.05) is 12.5 Å². The Labute approximate surface area is 102 Å². The van der Waals surface area contributed by atoms with Gasteiger partial charge in [-0.3, -0.25) is 0 Å². The van der Waals surface area contributed by atoms with Crippen molar-refractivity contribution in [1.29, 1.82) is 0 Å². The maximum absolute atomic E-state index is 11.2. The molecule has 0 aromatic heterocycles. The molecule has 94 valence electrons. The van der Waals surface area contributed by atoms with Crippen molar-refractivity contribution in [2.24, 2.45) is 11.1 Å². The monoisotopic (exact) mass is 254 g/mol. The van der Waals surface area contributed by atoms with Crippen molar-refractivity contribution in [3.63, 3.8) is 0 Å². The summed E-state index contributed by atoms with van der Waals surface area (Å²) in [7, 11) is -3.61. The SMILES string of the molecule is C[C@H](Nc1cccc(S(N)(=O)=O)c1)C1CCC1. The standard InChI is InChI=1S/C12H18N2O2S/c1-9(10-4-2-5-10)14-11-6-3-7-12(8-11)17(13,15)16/h3,6-10,14H,2,4-5H2,1H3,(H2,13,15,16)/t9-/m0/s1. The lowest BCUT2D eigenvalue weighted by Crippen LogP contribution is -2.30. The lowest BCUT2D eigenvalue weighted by Gasteiger charge is -2.32. The van der Waals surface area contributed by atoms with Crippen LogP contribution < -0.4 is 10.5 Å². The summed E-state index contributed by atoms with van der Waals surface area (Å²) in [6, 6.07) is 7.04. The van der Waals surface area contributed by atoms with Crippen LogP contribution in [0.3, 0.4) is 0 Å². The number of hydrogen-bond acceptors (Lipinski definition) is 3. The fraction of sp³-hybridized carbons (Fsp3) is 0.500. The van der Waals surface area contributed by atoms with Gasteiger partial charge < -0.3 is 5.32 Å². The van der Waals surface area contributed by atoms with Gasteiger partial charge in [-0.2, -0.15) is 0 Å². The normalized spacial score (nSPS) is 18.5. The number of rotatable bonds is 4. The van der Waals surface area contributed by atoms with E-state index in [4.69, 9.17) is 5.14 Å².